The van der Waals surface area contributed by atoms with Gasteiger partial charge in [0.25, 0.3) is 0 Å². The summed E-state index contributed by atoms with van der Waals surface area (Å²) in [6.45, 7) is 10.9. The topological polar surface area (TPSA) is 38.3 Å². The zero-order chi connectivity index (χ0) is 17.0. The third-order valence-electron chi connectivity index (χ3n) is 3.66. The zero-order valence-corrected chi connectivity index (χ0v) is 15.2. The van der Waals surface area contributed by atoms with E-state index in [4.69, 9.17) is 4.74 Å². The van der Waals surface area contributed by atoms with Crippen LogP contribution in [0, 0.1) is 0 Å². The van der Waals surface area contributed by atoms with Gasteiger partial charge in [-0.3, -0.25) is 4.79 Å². The largest absolute Gasteiger partial charge is 0.496 e. The summed E-state index contributed by atoms with van der Waals surface area (Å²) in [6, 6.07) is 6.07. The van der Waals surface area contributed by atoms with Gasteiger partial charge in [-0.15, -0.1) is 0 Å². The van der Waals surface area contributed by atoms with Crippen molar-refractivity contribution in [2.24, 2.45) is 0 Å². The van der Waals surface area contributed by atoms with Crippen molar-refractivity contribution in [2.45, 2.75) is 72.8 Å². The maximum atomic E-state index is 11.5. The van der Waals surface area contributed by atoms with Crippen LogP contribution in [0.1, 0.15) is 77.3 Å². The predicted octanol–water partition coefficient (Wildman–Crippen LogP) is 5.04. The van der Waals surface area contributed by atoms with Crippen LogP contribution in [0.5, 0.6) is 5.75 Å². The van der Waals surface area contributed by atoms with Gasteiger partial charge in [0.2, 0.25) is 5.91 Å². The van der Waals surface area contributed by atoms with Gasteiger partial charge in [-0.1, -0.05) is 59.6 Å². The Bertz CT molecular complexity index is 429. The average molecular weight is 307 g/mol. The monoisotopic (exact) mass is 307 g/mol. The average Bonchev–Trinajstić information content (AvgIpc) is 2.58. The quantitative estimate of drug-likeness (QED) is 0.730. The fourth-order valence-corrected chi connectivity index (χ4v) is 2.45. The van der Waals surface area contributed by atoms with Gasteiger partial charge in [-0.25, -0.2) is 0 Å². The number of methoxy groups -OCH3 is 1. The van der Waals surface area contributed by atoms with Crippen molar-refractivity contribution in [2.75, 3.05) is 7.11 Å². The van der Waals surface area contributed by atoms with Crippen LogP contribution in [0.15, 0.2) is 18.2 Å². The second kappa shape index (κ2) is 12.1. The summed E-state index contributed by atoms with van der Waals surface area (Å²) >= 11 is 0. The van der Waals surface area contributed by atoms with Crippen molar-refractivity contribution in [1.82, 2.24) is 5.32 Å². The van der Waals surface area contributed by atoms with Gasteiger partial charge >= 0.3 is 0 Å². The molecule has 3 nitrogen and oxygen atoms in total. The lowest BCUT2D eigenvalue weighted by atomic mass is 9.90. The number of ether oxygens (including phenoxy) is 1. The lowest BCUT2D eigenvalue weighted by Gasteiger charge is -2.20. The smallest absolute Gasteiger partial charge is 0.219 e. The SMILES string of the molecule is CC.CCCCC(C)c1c(CNC(=O)CC)cccc1OC. The molecule has 1 N–H and O–H groups in total. The Kier molecular flexibility index (Phi) is 11.2. The zero-order valence-electron chi connectivity index (χ0n) is 15.2. The summed E-state index contributed by atoms with van der Waals surface area (Å²) in [4.78, 5) is 11.5. The number of amides is 1. The van der Waals surface area contributed by atoms with Crippen LogP contribution in [0.25, 0.3) is 0 Å². The van der Waals surface area contributed by atoms with E-state index in [0.29, 0.717) is 18.9 Å². The maximum absolute atomic E-state index is 11.5. The first-order valence-electron chi connectivity index (χ1n) is 8.56. The first-order chi connectivity index (χ1) is 10.6. The molecule has 1 atom stereocenters. The lowest BCUT2D eigenvalue weighted by molar-refractivity contribution is -0.120. The molecule has 0 bridgehead atoms. The molecule has 0 aliphatic heterocycles. The van der Waals surface area contributed by atoms with E-state index in [1.54, 1.807) is 7.11 Å². The molecule has 0 heterocycles. The Morgan fingerprint density at radius 3 is 2.50 bits per heavy atom. The molecule has 1 amide bonds. The molecule has 0 aliphatic carbocycles. The molecule has 0 radical (unpaired) electrons. The highest BCUT2D eigenvalue weighted by Crippen LogP contribution is 2.33. The minimum atomic E-state index is 0.0833. The first kappa shape index (κ1) is 20.5. The molecule has 0 saturated heterocycles. The minimum Gasteiger partial charge on any atom is -0.496 e. The molecule has 0 saturated carbocycles. The Morgan fingerprint density at radius 1 is 1.27 bits per heavy atom. The van der Waals surface area contributed by atoms with Crippen molar-refractivity contribution >= 4 is 5.91 Å². The van der Waals surface area contributed by atoms with Crippen LogP contribution in [0.4, 0.5) is 0 Å². The first-order valence-corrected chi connectivity index (χ1v) is 8.56. The fourth-order valence-electron chi connectivity index (χ4n) is 2.45. The highest BCUT2D eigenvalue weighted by atomic mass is 16.5. The maximum Gasteiger partial charge on any atom is 0.219 e. The Labute approximate surface area is 136 Å². The highest BCUT2D eigenvalue weighted by molar-refractivity contribution is 5.75. The van der Waals surface area contributed by atoms with Crippen LogP contribution in [0.3, 0.4) is 0 Å². The number of benzene rings is 1. The van der Waals surface area contributed by atoms with Crippen LogP contribution < -0.4 is 10.1 Å². The molecular weight excluding hydrogens is 274 g/mol. The fraction of sp³-hybridized carbons (Fsp3) is 0.632. The van der Waals surface area contributed by atoms with Crippen molar-refractivity contribution in [1.29, 1.82) is 0 Å². The molecule has 1 unspecified atom stereocenters. The summed E-state index contributed by atoms with van der Waals surface area (Å²) in [5, 5.41) is 2.96. The Morgan fingerprint density at radius 2 is 1.95 bits per heavy atom. The van der Waals surface area contributed by atoms with E-state index in [0.717, 1.165) is 17.7 Å². The number of carbonyl (C=O) groups is 1. The lowest BCUT2D eigenvalue weighted by Crippen LogP contribution is -2.22. The standard InChI is InChI=1S/C17H27NO2.C2H6/c1-5-7-9-13(3)17-14(12-18-16(19)6-2)10-8-11-15(17)20-4;1-2/h8,10-11,13H,5-7,9,12H2,1-4H3,(H,18,19);1-2H3. The minimum absolute atomic E-state index is 0.0833. The van der Waals surface area contributed by atoms with Gasteiger partial charge < -0.3 is 10.1 Å². The molecule has 3 heteroatoms. The van der Waals surface area contributed by atoms with Crippen LogP contribution in [-0.4, -0.2) is 13.0 Å². The normalized spacial score (nSPS) is 11.2. The van der Waals surface area contributed by atoms with Crippen LogP contribution >= 0.6 is 0 Å². The molecule has 0 aliphatic rings. The Balaban J connectivity index is 0.00000211. The molecule has 126 valence electrons. The van der Waals surface area contributed by atoms with Gasteiger partial charge in [0, 0.05) is 18.5 Å². The third kappa shape index (κ3) is 6.50. The van der Waals surface area contributed by atoms with Crippen molar-refractivity contribution in [3.63, 3.8) is 0 Å². The third-order valence-corrected chi connectivity index (χ3v) is 3.66. The van der Waals surface area contributed by atoms with E-state index in [1.807, 2.05) is 32.9 Å². The van der Waals surface area contributed by atoms with Crippen molar-refractivity contribution in [3.8, 4) is 5.75 Å². The molecular formula is C19H33NO2. The van der Waals surface area contributed by atoms with E-state index in [1.165, 1.54) is 18.4 Å². The molecule has 0 spiro atoms. The molecule has 0 aromatic heterocycles. The predicted molar refractivity (Wildman–Crippen MR) is 94.4 cm³/mol. The van der Waals surface area contributed by atoms with Crippen LogP contribution in [0.2, 0.25) is 0 Å². The van der Waals surface area contributed by atoms with Gasteiger partial charge in [-0.05, 0) is 24.0 Å². The van der Waals surface area contributed by atoms with Gasteiger partial charge in [0.1, 0.15) is 5.75 Å². The van der Waals surface area contributed by atoms with E-state index in [9.17, 15) is 4.79 Å². The van der Waals surface area contributed by atoms with Crippen molar-refractivity contribution in [3.05, 3.63) is 29.3 Å². The number of hydrogen-bond acceptors (Lipinski definition) is 2. The van der Waals surface area contributed by atoms with Gasteiger partial charge in [-0.2, -0.15) is 0 Å². The molecule has 22 heavy (non-hydrogen) atoms. The van der Waals surface area contributed by atoms with E-state index >= 15 is 0 Å². The van der Waals surface area contributed by atoms with E-state index in [2.05, 4.69) is 25.2 Å². The summed E-state index contributed by atoms with van der Waals surface area (Å²) in [5.41, 5.74) is 2.40. The number of hydrogen-bond donors (Lipinski definition) is 1. The van der Waals surface area contributed by atoms with Crippen LogP contribution in [-0.2, 0) is 11.3 Å². The Hall–Kier alpha value is -1.51. The summed E-state index contributed by atoms with van der Waals surface area (Å²) in [7, 11) is 1.71. The van der Waals surface area contributed by atoms with Gasteiger partial charge in [0.05, 0.1) is 7.11 Å². The summed E-state index contributed by atoms with van der Waals surface area (Å²) in [5.74, 6) is 1.46. The van der Waals surface area contributed by atoms with E-state index < -0.39 is 0 Å². The molecule has 1 aromatic rings. The highest BCUT2D eigenvalue weighted by Gasteiger charge is 2.16. The molecule has 1 rings (SSSR count). The second-order valence-corrected chi connectivity index (χ2v) is 5.21. The summed E-state index contributed by atoms with van der Waals surface area (Å²) in [6.07, 6.45) is 4.07. The van der Waals surface area contributed by atoms with E-state index in [-0.39, 0.29) is 5.91 Å². The second-order valence-electron chi connectivity index (χ2n) is 5.21. The number of rotatable bonds is 8. The number of unbranched alkanes of at least 4 members (excludes halogenated alkanes) is 1. The number of carbonyl (C=O) groups excluding carboxylic acids is 1. The molecule has 1 aromatic carbocycles. The molecule has 0 fully saturated rings. The summed E-state index contributed by atoms with van der Waals surface area (Å²) < 4.78 is 5.51. The van der Waals surface area contributed by atoms with Gasteiger partial charge in [0.15, 0.2) is 0 Å². The van der Waals surface area contributed by atoms with Crippen molar-refractivity contribution < 1.29 is 9.53 Å². The number of nitrogens with one attached hydrogen (secondary N) is 1.